The van der Waals surface area contributed by atoms with E-state index in [2.05, 4.69) is 15.6 Å². The van der Waals surface area contributed by atoms with E-state index in [4.69, 9.17) is 23.1 Å². The van der Waals surface area contributed by atoms with Gasteiger partial charge in [0, 0.05) is 17.7 Å². The maximum Gasteiger partial charge on any atom is 0.416 e. The number of rotatable bonds is 6. The molecule has 0 saturated heterocycles. The van der Waals surface area contributed by atoms with Crippen molar-refractivity contribution < 1.29 is 31.1 Å². The van der Waals surface area contributed by atoms with Crippen LogP contribution in [0.15, 0.2) is 65.7 Å². The van der Waals surface area contributed by atoms with E-state index in [1.54, 1.807) is 0 Å². The second kappa shape index (κ2) is 11.6. The highest BCUT2D eigenvalue weighted by atomic mass is 35.5. The zero-order valence-electron chi connectivity index (χ0n) is 18.8. The number of halogens is 7. The van der Waals surface area contributed by atoms with Gasteiger partial charge in [0.25, 0.3) is 5.91 Å². The van der Waals surface area contributed by atoms with Crippen LogP contribution in [0, 0.1) is 17.5 Å². The molecule has 3 aromatic rings. The Morgan fingerprint density at radius 1 is 0.919 bits per heavy atom. The molecule has 3 aromatic carbocycles. The second-order valence-corrected chi connectivity index (χ2v) is 8.29. The van der Waals surface area contributed by atoms with Crippen LogP contribution in [0.5, 0.6) is 0 Å². The van der Waals surface area contributed by atoms with Gasteiger partial charge in [0.15, 0.2) is 0 Å². The average Bonchev–Trinajstić information content (AvgIpc) is 2.79. The fraction of sp³-hybridized carbons (Fsp3) is 0.167. The number of carbonyl (C=O) groups excluding carboxylic acids is 1. The molecule has 0 saturated carbocycles. The van der Waals surface area contributed by atoms with Crippen molar-refractivity contribution in [2.24, 2.45) is 16.5 Å². The van der Waals surface area contributed by atoms with Crippen molar-refractivity contribution in [3.8, 4) is 0 Å². The Hall–Kier alpha value is -3.61. The molecule has 0 aliphatic heterocycles. The van der Waals surface area contributed by atoms with Crippen molar-refractivity contribution in [2.45, 2.75) is 24.8 Å². The first-order valence-corrected chi connectivity index (χ1v) is 11.0. The third kappa shape index (κ3) is 7.94. The molecule has 0 aliphatic carbocycles. The molecule has 196 valence electrons. The van der Waals surface area contributed by atoms with Gasteiger partial charge in [-0.1, -0.05) is 11.6 Å². The number of alkyl halides is 3. The van der Waals surface area contributed by atoms with Gasteiger partial charge >= 0.3 is 6.18 Å². The van der Waals surface area contributed by atoms with Crippen LogP contribution >= 0.6 is 11.6 Å². The van der Waals surface area contributed by atoms with Crippen LogP contribution in [0.3, 0.4) is 0 Å². The Morgan fingerprint density at radius 2 is 1.54 bits per heavy atom. The van der Waals surface area contributed by atoms with Crippen LogP contribution in [0.1, 0.15) is 33.9 Å². The van der Waals surface area contributed by atoms with E-state index < -0.39 is 47.3 Å². The van der Waals surface area contributed by atoms with Gasteiger partial charge in [-0.25, -0.2) is 13.2 Å². The summed E-state index contributed by atoms with van der Waals surface area (Å²) >= 11 is 6.02. The number of amides is 1. The molecule has 0 aliphatic rings. The van der Waals surface area contributed by atoms with Crippen molar-refractivity contribution in [3.63, 3.8) is 0 Å². The summed E-state index contributed by atoms with van der Waals surface area (Å²) in [4.78, 5) is 16.5. The number of anilines is 1. The largest absolute Gasteiger partial charge is 0.416 e. The summed E-state index contributed by atoms with van der Waals surface area (Å²) in [6.45, 7) is 0. The zero-order valence-corrected chi connectivity index (χ0v) is 19.5. The Labute approximate surface area is 212 Å². The zero-order chi connectivity index (χ0) is 27.3. The Kier molecular flexibility index (Phi) is 8.79. The van der Waals surface area contributed by atoms with E-state index in [1.165, 1.54) is 6.07 Å². The lowest BCUT2D eigenvalue weighted by atomic mass is 10.0. The molecule has 3 rings (SSSR count). The van der Waals surface area contributed by atoms with Gasteiger partial charge < -0.3 is 22.1 Å². The highest BCUT2D eigenvalue weighted by Gasteiger charge is 2.30. The fourth-order valence-corrected chi connectivity index (χ4v) is 3.43. The topological polar surface area (TPSA) is 106 Å². The highest BCUT2D eigenvalue weighted by molar-refractivity contribution is 6.33. The van der Waals surface area contributed by atoms with Gasteiger partial charge in [-0.15, -0.1) is 0 Å². The Morgan fingerprint density at radius 3 is 2.11 bits per heavy atom. The highest BCUT2D eigenvalue weighted by Crippen LogP contribution is 2.29. The number of nitrogens with one attached hydrogen (secondary N) is 2. The molecule has 0 bridgehead atoms. The molecule has 1 amide bonds. The molecule has 0 fully saturated rings. The first-order chi connectivity index (χ1) is 17.3. The minimum absolute atomic E-state index is 0.0722. The maximum atomic E-state index is 13.5. The third-order valence-corrected chi connectivity index (χ3v) is 5.31. The number of benzene rings is 3. The SMILES string of the molecule is NC(CC(N)c1cc(F)cc(F)c1)N/C(=N\C(=O)c1ccc(C(F)(F)F)cc1)Nc1ccc(F)cc1Cl. The average molecular weight is 544 g/mol. The lowest BCUT2D eigenvalue weighted by molar-refractivity contribution is -0.137. The molecule has 13 heteroatoms. The lowest BCUT2D eigenvalue weighted by Crippen LogP contribution is -2.46. The molecule has 0 aromatic heterocycles. The molecular weight excluding hydrogens is 524 g/mol. The van der Waals surface area contributed by atoms with Crippen LogP contribution < -0.4 is 22.1 Å². The van der Waals surface area contributed by atoms with E-state index in [-0.39, 0.29) is 34.2 Å². The smallest absolute Gasteiger partial charge is 0.341 e. The number of hydrogen-bond acceptors (Lipinski definition) is 3. The van der Waals surface area contributed by atoms with E-state index in [9.17, 15) is 31.1 Å². The van der Waals surface area contributed by atoms with E-state index in [0.29, 0.717) is 6.07 Å². The number of nitrogens with two attached hydrogens (primary N) is 2. The van der Waals surface area contributed by atoms with Crippen molar-refractivity contribution in [2.75, 3.05) is 5.32 Å². The summed E-state index contributed by atoms with van der Waals surface area (Å²) < 4.78 is 78.9. The fourth-order valence-electron chi connectivity index (χ4n) is 3.22. The van der Waals surface area contributed by atoms with Crippen molar-refractivity contribution in [3.05, 3.63) is 99.8 Å². The molecule has 0 heterocycles. The maximum absolute atomic E-state index is 13.5. The van der Waals surface area contributed by atoms with Gasteiger partial charge in [0.1, 0.15) is 17.5 Å². The standard InChI is InChI=1S/C24H20ClF6N5O/c25-18-10-15(26)5-6-20(18)34-23(36-22(37)12-1-3-14(4-2-12)24(29,30)31)35-21(33)11-19(32)13-7-16(27)9-17(28)8-13/h1-10,19,21H,11,32-33H2,(H2,34,35,36,37). The normalized spacial score (nSPS) is 13.7. The number of guanidine groups is 1. The quantitative estimate of drug-likeness (QED) is 0.145. The van der Waals surface area contributed by atoms with Gasteiger partial charge in [0.2, 0.25) is 5.96 Å². The summed E-state index contributed by atoms with van der Waals surface area (Å²) in [5, 5.41) is 5.27. The van der Waals surface area contributed by atoms with Gasteiger partial charge in [-0.3, -0.25) is 4.79 Å². The molecule has 37 heavy (non-hydrogen) atoms. The monoisotopic (exact) mass is 543 g/mol. The van der Waals surface area contributed by atoms with Crippen LogP contribution in [0.25, 0.3) is 0 Å². The van der Waals surface area contributed by atoms with Gasteiger partial charge in [0.05, 0.1) is 22.4 Å². The number of nitrogens with zero attached hydrogens (tertiary/aromatic N) is 1. The van der Waals surface area contributed by atoms with Crippen LogP contribution in [0.4, 0.5) is 32.0 Å². The van der Waals surface area contributed by atoms with E-state index in [0.717, 1.165) is 48.5 Å². The minimum Gasteiger partial charge on any atom is -0.341 e. The van der Waals surface area contributed by atoms with Crippen molar-refractivity contribution in [1.29, 1.82) is 0 Å². The summed E-state index contributed by atoms with van der Waals surface area (Å²) in [6, 6.07) is 8.52. The van der Waals surface area contributed by atoms with Crippen molar-refractivity contribution >= 4 is 29.2 Å². The van der Waals surface area contributed by atoms with Gasteiger partial charge in [-0.05, 0) is 66.6 Å². The first-order valence-electron chi connectivity index (χ1n) is 10.6. The minimum atomic E-state index is -4.59. The molecule has 0 radical (unpaired) electrons. The molecule has 2 unspecified atom stereocenters. The predicted octanol–water partition coefficient (Wildman–Crippen LogP) is 5.35. The third-order valence-electron chi connectivity index (χ3n) is 5.00. The summed E-state index contributed by atoms with van der Waals surface area (Å²) in [7, 11) is 0. The number of carbonyl (C=O) groups is 1. The number of aliphatic imine (C=N–C) groups is 1. The molecule has 6 nitrogen and oxygen atoms in total. The van der Waals surface area contributed by atoms with E-state index in [1.807, 2.05) is 0 Å². The lowest BCUT2D eigenvalue weighted by Gasteiger charge is -2.22. The van der Waals surface area contributed by atoms with E-state index >= 15 is 0 Å². The second-order valence-electron chi connectivity index (χ2n) is 7.89. The van der Waals surface area contributed by atoms with Crippen LogP contribution in [0.2, 0.25) is 5.02 Å². The predicted molar refractivity (Wildman–Crippen MR) is 127 cm³/mol. The summed E-state index contributed by atoms with van der Waals surface area (Å²) in [5.41, 5.74) is 11.2. The van der Waals surface area contributed by atoms with Crippen LogP contribution in [-0.4, -0.2) is 18.0 Å². The van der Waals surface area contributed by atoms with Crippen LogP contribution in [-0.2, 0) is 6.18 Å². The molecular formula is C24H20ClF6N5O. The summed E-state index contributed by atoms with van der Waals surface area (Å²) in [5.74, 6) is -3.52. The van der Waals surface area contributed by atoms with Gasteiger partial charge in [-0.2, -0.15) is 18.2 Å². The summed E-state index contributed by atoms with van der Waals surface area (Å²) in [6.07, 6.45) is -5.71. The Balaban J connectivity index is 1.83. The molecule has 0 spiro atoms. The molecule has 6 N–H and O–H groups in total. The molecule has 2 atom stereocenters. The first kappa shape index (κ1) is 28.0. The van der Waals surface area contributed by atoms with Crippen molar-refractivity contribution in [1.82, 2.24) is 5.32 Å². The Bertz CT molecular complexity index is 1280. The number of hydrogen-bond donors (Lipinski definition) is 4.